The molecule has 0 aliphatic heterocycles. The van der Waals surface area contributed by atoms with Crippen molar-refractivity contribution in [2.75, 3.05) is 6.61 Å². The van der Waals surface area contributed by atoms with Gasteiger partial charge in [-0.1, -0.05) is 40.2 Å². The van der Waals surface area contributed by atoms with Crippen LogP contribution < -0.4 is 10.2 Å². The molecule has 190 valence electrons. The highest BCUT2D eigenvalue weighted by Crippen LogP contribution is 2.60. The Morgan fingerprint density at radius 3 is 2.03 bits per heavy atom. The molecule has 4 aliphatic carbocycles. The molecule has 0 unspecified atom stereocenters. The summed E-state index contributed by atoms with van der Waals surface area (Å²) in [6.07, 6.45) is 8.38. The Balaban J connectivity index is 1.16. The lowest BCUT2D eigenvalue weighted by Crippen LogP contribution is -2.48. The number of phenols is 1. The maximum absolute atomic E-state index is 12.6. The number of nitrogens with one attached hydrogen (secondary N) is 1. The van der Waals surface area contributed by atoms with Crippen LogP contribution >= 0.6 is 15.9 Å². The van der Waals surface area contributed by atoms with Gasteiger partial charge in [-0.15, -0.1) is 0 Å². The molecule has 3 aromatic carbocycles. The number of aromatic hydroxyl groups is 1. The molecule has 0 heterocycles. The Morgan fingerprint density at radius 2 is 1.43 bits per heavy atom. The van der Waals surface area contributed by atoms with Gasteiger partial charge in [-0.2, -0.15) is 5.10 Å². The van der Waals surface area contributed by atoms with E-state index in [2.05, 4.69) is 50.7 Å². The van der Waals surface area contributed by atoms with Crippen LogP contribution in [0.15, 0.2) is 82.4 Å². The van der Waals surface area contributed by atoms with Crippen LogP contribution in [0.3, 0.4) is 0 Å². The Morgan fingerprint density at radius 1 is 0.865 bits per heavy atom. The summed E-state index contributed by atoms with van der Waals surface area (Å²) in [5.74, 6) is 3.31. The first-order valence-corrected chi connectivity index (χ1v) is 13.9. The highest BCUT2D eigenvalue weighted by atomic mass is 79.9. The molecule has 4 bridgehead atoms. The second-order valence-corrected chi connectivity index (χ2v) is 12.0. The third-order valence-corrected chi connectivity index (χ3v) is 9.01. The predicted octanol–water partition coefficient (Wildman–Crippen LogP) is 6.84. The zero-order chi connectivity index (χ0) is 25.4. The van der Waals surface area contributed by atoms with Gasteiger partial charge in [0, 0.05) is 15.6 Å². The average molecular weight is 560 g/mol. The van der Waals surface area contributed by atoms with Gasteiger partial charge < -0.3 is 9.84 Å². The minimum atomic E-state index is -0.352. The molecule has 4 aliphatic rings. The van der Waals surface area contributed by atoms with Crippen molar-refractivity contribution in [3.05, 3.63) is 94.0 Å². The van der Waals surface area contributed by atoms with Crippen molar-refractivity contribution >= 4 is 27.5 Å². The van der Waals surface area contributed by atoms with Crippen molar-refractivity contribution in [3.63, 3.8) is 0 Å². The third-order valence-electron chi connectivity index (χ3n) is 8.48. The Hall–Kier alpha value is -3.12. The second kappa shape index (κ2) is 9.97. The standard InChI is InChI=1S/C31H31BrN2O3/c32-26-7-1-23(2-8-26)29(33-34-30(36)24-3-9-27(35)10-4-24)19-37-28-11-5-25(6-12-28)31-16-20-13-21(17-31)15-22(14-20)18-31/h1-12,20-22,35H,13-19H2,(H,34,36)/b33-29-. The number of halogens is 1. The fraction of sp³-hybridized carbons (Fsp3) is 0.355. The van der Waals surface area contributed by atoms with Gasteiger partial charge in [0.05, 0.1) is 0 Å². The lowest BCUT2D eigenvalue weighted by molar-refractivity contribution is -0.00520. The van der Waals surface area contributed by atoms with Crippen molar-refractivity contribution in [3.8, 4) is 11.5 Å². The van der Waals surface area contributed by atoms with E-state index in [0.29, 0.717) is 16.7 Å². The summed E-state index contributed by atoms with van der Waals surface area (Å²) in [4.78, 5) is 12.6. The lowest BCUT2D eigenvalue weighted by Gasteiger charge is -2.57. The van der Waals surface area contributed by atoms with E-state index in [1.165, 1.54) is 56.2 Å². The van der Waals surface area contributed by atoms with Gasteiger partial charge in [0.2, 0.25) is 0 Å². The number of nitrogens with zero attached hydrogens (tertiary/aromatic N) is 1. The van der Waals surface area contributed by atoms with E-state index in [1.807, 2.05) is 24.3 Å². The number of ether oxygens (including phenoxy) is 1. The molecule has 2 N–H and O–H groups in total. The number of rotatable bonds is 7. The van der Waals surface area contributed by atoms with Gasteiger partial charge in [-0.3, -0.25) is 4.79 Å². The van der Waals surface area contributed by atoms with Gasteiger partial charge in [0.15, 0.2) is 0 Å². The molecule has 1 amide bonds. The van der Waals surface area contributed by atoms with E-state index in [-0.39, 0.29) is 18.3 Å². The van der Waals surface area contributed by atoms with E-state index in [0.717, 1.165) is 33.5 Å². The number of hydrogen-bond acceptors (Lipinski definition) is 4. The van der Waals surface area contributed by atoms with Crippen molar-refractivity contribution in [2.45, 2.75) is 43.9 Å². The summed E-state index contributed by atoms with van der Waals surface area (Å²) in [5, 5.41) is 13.9. The number of amides is 1. The van der Waals surface area contributed by atoms with Crippen molar-refractivity contribution in [1.29, 1.82) is 0 Å². The average Bonchev–Trinajstić information content (AvgIpc) is 2.89. The molecular weight excluding hydrogens is 528 g/mol. The van der Waals surface area contributed by atoms with Crippen LogP contribution in [0.1, 0.15) is 60.0 Å². The zero-order valence-corrected chi connectivity index (χ0v) is 22.3. The quantitative estimate of drug-likeness (QED) is 0.246. The third kappa shape index (κ3) is 5.17. The molecule has 4 fully saturated rings. The van der Waals surface area contributed by atoms with Gasteiger partial charge >= 0.3 is 0 Å². The smallest absolute Gasteiger partial charge is 0.271 e. The van der Waals surface area contributed by atoms with Gasteiger partial charge in [-0.25, -0.2) is 5.43 Å². The van der Waals surface area contributed by atoms with Crippen LogP contribution in [-0.4, -0.2) is 23.3 Å². The molecule has 0 atom stereocenters. The summed E-state index contributed by atoms with van der Waals surface area (Å²) in [6, 6.07) is 22.5. The van der Waals surface area contributed by atoms with E-state index < -0.39 is 0 Å². The van der Waals surface area contributed by atoms with Crippen molar-refractivity contribution < 1.29 is 14.6 Å². The summed E-state index contributed by atoms with van der Waals surface area (Å²) < 4.78 is 7.12. The molecule has 5 nitrogen and oxygen atoms in total. The second-order valence-electron chi connectivity index (χ2n) is 11.1. The first kappa shape index (κ1) is 24.2. The fourth-order valence-electron chi connectivity index (χ4n) is 7.14. The van der Waals surface area contributed by atoms with Gasteiger partial charge in [0.25, 0.3) is 5.91 Å². The molecule has 0 radical (unpaired) electrons. The summed E-state index contributed by atoms with van der Waals surface area (Å²) >= 11 is 3.47. The normalized spacial score (nSPS) is 26.2. The highest BCUT2D eigenvalue weighted by Gasteiger charge is 2.51. The monoisotopic (exact) mass is 558 g/mol. The van der Waals surface area contributed by atoms with Crippen LogP contribution in [0, 0.1) is 17.8 Å². The number of phenolic OH excluding ortho intramolecular Hbond substituents is 1. The maximum Gasteiger partial charge on any atom is 0.271 e. The maximum atomic E-state index is 12.6. The number of hydrazone groups is 1. The van der Waals surface area contributed by atoms with Crippen LogP contribution in [0.2, 0.25) is 0 Å². The largest absolute Gasteiger partial charge is 0.508 e. The van der Waals surface area contributed by atoms with Crippen molar-refractivity contribution in [1.82, 2.24) is 5.43 Å². The Labute approximate surface area is 226 Å². The Kier molecular flexibility index (Phi) is 6.53. The number of benzene rings is 3. The molecular formula is C31H31BrN2O3. The predicted molar refractivity (Wildman–Crippen MR) is 148 cm³/mol. The first-order chi connectivity index (χ1) is 18.0. The number of hydrogen-bond donors (Lipinski definition) is 2. The van der Waals surface area contributed by atoms with E-state index in [9.17, 15) is 9.90 Å². The minimum absolute atomic E-state index is 0.109. The summed E-state index contributed by atoms with van der Waals surface area (Å²) in [6.45, 7) is 0.216. The lowest BCUT2D eigenvalue weighted by atomic mass is 9.48. The molecule has 0 spiro atoms. The molecule has 6 heteroatoms. The number of carbonyl (C=O) groups excluding carboxylic acids is 1. The fourth-order valence-corrected chi connectivity index (χ4v) is 7.40. The molecule has 3 aromatic rings. The van der Waals surface area contributed by atoms with E-state index in [4.69, 9.17) is 4.74 Å². The van der Waals surface area contributed by atoms with Crippen LogP contribution in [0.25, 0.3) is 0 Å². The molecule has 0 saturated heterocycles. The topological polar surface area (TPSA) is 70.9 Å². The summed E-state index contributed by atoms with van der Waals surface area (Å²) in [5.41, 5.74) is 6.36. The zero-order valence-electron chi connectivity index (χ0n) is 20.7. The molecule has 7 rings (SSSR count). The summed E-state index contributed by atoms with van der Waals surface area (Å²) in [7, 11) is 0. The Bertz CT molecular complexity index is 1260. The van der Waals surface area contributed by atoms with Crippen LogP contribution in [-0.2, 0) is 5.41 Å². The van der Waals surface area contributed by atoms with E-state index >= 15 is 0 Å². The van der Waals surface area contributed by atoms with Crippen LogP contribution in [0.5, 0.6) is 11.5 Å². The SMILES string of the molecule is O=C(N/N=C(/COc1ccc(C23CC4CC(CC(C4)C2)C3)cc1)c1ccc(Br)cc1)c1ccc(O)cc1. The highest BCUT2D eigenvalue weighted by molar-refractivity contribution is 9.10. The van der Waals surface area contributed by atoms with Crippen LogP contribution in [0.4, 0.5) is 0 Å². The molecule has 37 heavy (non-hydrogen) atoms. The molecule has 0 aromatic heterocycles. The van der Waals surface area contributed by atoms with Gasteiger partial charge in [0.1, 0.15) is 23.8 Å². The molecule has 4 saturated carbocycles. The number of carbonyl (C=O) groups is 1. The van der Waals surface area contributed by atoms with E-state index in [1.54, 1.807) is 12.1 Å². The minimum Gasteiger partial charge on any atom is -0.508 e. The van der Waals surface area contributed by atoms with Crippen molar-refractivity contribution in [2.24, 2.45) is 22.9 Å². The first-order valence-electron chi connectivity index (χ1n) is 13.1. The van der Waals surface area contributed by atoms with Gasteiger partial charge in [-0.05, 0) is 116 Å².